The molecule has 4 rings (SSSR count). The van der Waals surface area contributed by atoms with Gasteiger partial charge in [0.25, 0.3) is 0 Å². The summed E-state index contributed by atoms with van der Waals surface area (Å²) in [6.07, 6.45) is 3.24. The maximum atomic E-state index is 15.0. The van der Waals surface area contributed by atoms with E-state index in [9.17, 15) is 19.1 Å². The Kier molecular flexibility index (Phi) is 4.12. The Balaban J connectivity index is 1.90. The third-order valence-corrected chi connectivity index (χ3v) is 5.77. The highest BCUT2D eigenvalue weighted by Crippen LogP contribution is 2.36. The van der Waals surface area contributed by atoms with Crippen molar-refractivity contribution in [1.82, 2.24) is 4.57 Å². The molecular weight excluding hydrogens is 361 g/mol. The van der Waals surface area contributed by atoms with Gasteiger partial charge >= 0.3 is 5.97 Å². The number of hydrogen-bond acceptors (Lipinski definition) is 4. The van der Waals surface area contributed by atoms with Crippen LogP contribution < -0.4 is 16.1 Å². The molecule has 1 aromatic heterocycles. The third kappa shape index (κ3) is 2.81. The molecule has 28 heavy (non-hydrogen) atoms. The smallest absolute Gasteiger partial charge is 0.341 e. The lowest BCUT2D eigenvalue weighted by atomic mass is 10.0. The standard InChI is InChI=1S/C21H24FN3O3/c1-21(2,3)25-10-14(20(27)28)19(26)12-6-15(22)18(7-17(12)25)24-8-11-4-5-16(23)13(11)9-24/h6-7,10,16H,4-5,8-9,23H2,1-3H3,(H,27,28). The Bertz CT molecular complexity index is 1090. The highest BCUT2D eigenvalue weighted by Gasteiger charge is 2.32. The van der Waals surface area contributed by atoms with E-state index in [1.54, 1.807) is 10.6 Å². The van der Waals surface area contributed by atoms with Crippen molar-refractivity contribution in [3.8, 4) is 0 Å². The Hall–Kier alpha value is -2.67. The predicted molar refractivity (Wildman–Crippen MR) is 107 cm³/mol. The normalized spacial score (nSPS) is 19.6. The summed E-state index contributed by atoms with van der Waals surface area (Å²) < 4.78 is 16.7. The molecule has 1 atom stereocenters. The fourth-order valence-corrected chi connectivity index (χ4v) is 4.28. The van der Waals surface area contributed by atoms with Gasteiger partial charge in [0.15, 0.2) is 0 Å². The molecule has 2 aromatic rings. The summed E-state index contributed by atoms with van der Waals surface area (Å²) in [4.78, 5) is 26.1. The van der Waals surface area contributed by atoms with Gasteiger partial charge < -0.3 is 20.3 Å². The van der Waals surface area contributed by atoms with Gasteiger partial charge in [0.2, 0.25) is 5.43 Å². The first kappa shape index (κ1) is 18.7. The number of carboxylic acids is 1. The fourth-order valence-electron chi connectivity index (χ4n) is 4.28. The Labute approximate surface area is 162 Å². The number of nitrogens with zero attached hydrogens (tertiary/aromatic N) is 2. The van der Waals surface area contributed by atoms with Gasteiger partial charge in [0, 0.05) is 36.3 Å². The third-order valence-electron chi connectivity index (χ3n) is 5.77. The quantitative estimate of drug-likeness (QED) is 0.776. The molecule has 1 unspecified atom stereocenters. The van der Waals surface area contributed by atoms with Crippen molar-refractivity contribution in [3.63, 3.8) is 0 Å². The van der Waals surface area contributed by atoms with Gasteiger partial charge in [-0.25, -0.2) is 9.18 Å². The summed E-state index contributed by atoms with van der Waals surface area (Å²) in [5.74, 6) is -1.84. The highest BCUT2D eigenvalue weighted by atomic mass is 19.1. The van der Waals surface area contributed by atoms with Crippen LogP contribution in [0.25, 0.3) is 10.9 Å². The summed E-state index contributed by atoms with van der Waals surface area (Å²) in [6.45, 7) is 6.97. The number of benzene rings is 1. The Morgan fingerprint density at radius 3 is 2.61 bits per heavy atom. The van der Waals surface area contributed by atoms with Crippen LogP contribution in [0.2, 0.25) is 0 Å². The number of hydrogen-bond donors (Lipinski definition) is 2. The van der Waals surface area contributed by atoms with Crippen molar-refractivity contribution < 1.29 is 14.3 Å². The summed E-state index contributed by atoms with van der Waals surface area (Å²) in [7, 11) is 0. The summed E-state index contributed by atoms with van der Waals surface area (Å²) >= 11 is 0. The summed E-state index contributed by atoms with van der Waals surface area (Å²) in [5, 5.41) is 9.47. The number of nitrogens with two attached hydrogens (primary N) is 1. The summed E-state index contributed by atoms with van der Waals surface area (Å²) in [5.41, 5.74) is 8.04. The van der Waals surface area contributed by atoms with E-state index in [4.69, 9.17) is 5.73 Å². The molecule has 1 aromatic carbocycles. The molecule has 6 nitrogen and oxygen atoms in total. The topological polar surface area (TPSA) is 88.6 Å². The number of carboxylic acid groups (broad SMARTS) is 1. The van der Waals surface area contributed by atoms with Gasteiger partial charge in [0.05, 0.1) is 11.2 Å². The SMILES string of the molecule is CC(C)(C)n1cc(C(=O)O)c(=O)c2cc(F)c(N3CC4=C(C3)C(N)CC4)cc21. The van der Waals surface area contributed by atoms with E-state index in [0.717, 1.165) is 12.8 Å². The van der Waals surface area contributed by atoms with Crippen LogP contribution >= 0.6 is 0 Å². The molecule has 2 heterocycles. The average Bonchev–Trinajstić information content (AvgIpc) is 3.16. The lowest BCUT2D eigenvalue weighted by Gasteiger charge is -2.28. The number of rotatable bonds is 2. The van der Waals surface area contributed by atoms with Crippen molar-refractivity contribution >= 4 is 22.6 Å². The summed E-state index contributed by atoms with van der Waals surface area (Å²) in [6, 6.07) is 2.87. The lowest BCUT2D eigenvalue weighted by molar-refractivity contribution is 0.0694. The zero-order chi connectivity index (χ0) is 20.4. The number of halogens is 1. The number of aromatic nitrogens is 1. The first-order valence-corrected chi connectivity index (χ1v) is 9.42. The van der Waals surface area contributed by atoms with Gasteiger partial charge in [-0.15, -0.1) is 0 Å². The lowest BCUT2D eigenvalue weighted by Crippen LogP contribution is -2.30. The largest absolute Gasteiger partial charge is 0.477 e. The number of anilines is 1. The molecule has 0 radical (unpaired) electrons. The van der Waals surface area contributed by atoms with Gasteiger partial charge in [-0.05, 0) is 56.9 Å². The second-order valence-corrected chi connectivity index (χ2v) is 8.67. The van der Waals surface area contributed by atoms with Crippen LogP contribution in [0, 0.1) is 5.82 Å². The molecule has 0 saturated carbocycles. The fraction of sp³-hybridized carbons (Fsp3) is 0.429. The van der Waals surface area contributed by atoms with Crippen molar-refractivity contribution in [2.75, 3.05) is 18.0 Å². The van der Waals surface area contributed by atoms with E-state index in [-0.39, 0.29) is 17.0 Å². The maximum Gasteiger partial charge on any atom is 0.341 e. The second kappa shape index (κ2) is 6.17. The monoisotopic (exact) mass is 385 g/mol. The second-order valence-electron chi connectivity index (χ2n) is 8.67. The van der Waals surface area contributed by atoms with Crippen molar-refractivity contribution in [2.45, 2.75) is 45.2 Å². The van der Waals surface area contributed by atoms with E-state index in [0.29, 0.717) is 24.3 Å². The van der Waals surface area contributed by atoms with Crippen molar-refractivity contribution in [1.29, 1.82) is 0 Å². The predicted octanol–water partition coefficient (Wildman–Crippen LogP) is 2.83. The molecule has 3 N–H and O–H groups in total. The van der Waals surface area contributed by atoms with Gasteiger partial charge in [-0.1, -0.05) is 0 Å². The molecular formula is C21H24FN3O3. The zero-order valence-corrected chi connectivity index (χ0v) is 16.3. The number of pyridine rings is 1. The van der Waals surface area contributed by atoms with Crippen LogP contribution in [0.3, 0.4) is 0 Å². The van der Waals surface area contributed by atoms with Crippen LogP contribution in [0.1, 0.15) is 44.0 Å². The minimum atomic E-state index is -1.32. The molecule has 7 heteroatoms. The molecule has 0 bridgehead atoms. The molecule has 0 amide bonds. The first-order valence-electron chi connectivity index (χ1n) is 9.42. The van der Waals surface area contributed by atoms with Crippen LogP contribution in [-0.4, -0.2) is 34.8 Å². The van der Waals surface area contributed by atoms with Crippen LogP contribution in [0.5, 0.6) is 0 Å². The van der Waals surface area contributed by atoms with Crippen LogP contribution in [0.15, 0.2) is 34.3 Å². The van der Waals surface area contributed by atoms with E-state index in [1.165, 1.54) is 23.4 Å². The average molecular weight is 385 g/mol. The molecule has 0 saturated heterocycles. The van der Waals surface area contributed by atoms with Gasteiger partial charge in [-0.2, -0.15) is 0 Å². The van der Waals surface area contributed by atoms with E-state index >= 15 is 0 Å². The van der Waals surface area contributed by atoms with Crippen molar-refractivity contribution in [2.24, 2.45) is 5.73 Å². The molecule has 1 aliphatic heterocycles. The highest BCUT2D eigenvalue weighted by molar-refractivity contribution is 5.93. The molecule has 1 aliphatic carbocycles. The maximum absolute atomic E-state index is 15.0. The number of fused-ring (bicyclic) bond motifs is 1. The van der Waals surface area contributed by atoms with Gasteiger partial charge in [-0.3, -0.25) is 4.79 Å². The minimum absolute atomic E-state index is 0.0365. The molecule has 0 fully saturated rings. The number of carbonyl (C=O) groups is 1. The van der Waals surface area contributed by atoms with E-state index in [1.807, 2.05) is 25.7 Å². The van der Waals surface area contributed by atoms with Crippen molar-refractivity contribution in [3.05, 3.63) is 51.1 Å². The van der Waals surface area contributed by atoms with Gasteiger partial charge in [0.1, 0.15) is 11.4 Å². The molecule has 2 aliphatic rings. The van der Waals surface area contributed by atoms with E-state index in [2.05, 4.69) is 0 Å². The van der Waals surface area contributed by atoms with Crippen LogP contribution in [-0.2, 0) is 5.54 Å². The van der Waals surface area contributed by atoms with E-state index < -0.39 is 22.8 Å². The minimum Gasteiger partial charge on any atom is -0.477 e. The zero-order valence-electron chi connectivity index (χ0n) is 16.3. The first-order chi connectivity index (χ1) is 13.1. The Morgan fingerprint density at radius 1 is 1.29 bits per heavy atom. The Morgan fingerprint density at radius 2 is 2.00 bits per heavy atom. The molecule has 0 spiro atoms. The number of aromatic carboxylic acids is 1. The van der Waals surface area contributed by atoms with Crippen LogP contribution in [0.4, 0.5) is 10.1 Å². The molecule has 148 valence electrons.